The molecule has 0 radical (unpaired) electrons. The Labute approximate surface area is 196 Å². The van der Waals surface area contributed by atoms with Crippen LogP contribution >= 0.6 is 0 Å². The molecule has 0 spiro atoms. The number of nitrogens with one attached hydrogen (secondary N) is 1. The highest BCUT2D eigenvalue weighted by Crippen LogP contribution is 2.50. The fraction of sp³-hybridized carbons (Fsp3) is 0.654. The van der Waals surface area contributed by atoms with Crippen LogP contribution in [0.4, 0.5) is 0 Å². The van der Waals surface area contributed by atoms with Crippen LogP contribution in [0.3, 0.4) is 0 Å². The van der Waals surface area contributed by atoms with Crippen molar-refractivity contribution in [1.29, 1.82) is 0 Å². The first-order valence-corrected chi connectivity index (χ1v) is 12.5. The van der Waals surface area contributed by atoms with Gasteiger partial charge in [-0.2, -0.15) is 0 Å². The molecule has 3 aliphatic rings. The molecule has 180 valence electrons. The molecule has 7 heteroatoms. The number of piperidine rings is 1. The second-order valence-corrected chi connectivity index (χ2v) is 9.72. The number of benzene rings is 1. The average molecular weight is 456 g/mol. The first kappa shape index (κ1) is 23.6. The Hall–Kier alpha value is -2.57. The highest BCUT2D eigenvalue weighted by atomic mass is 16.5. The molecule has 1 N–H and O–H groups in total. The van der Waals surface area contributed by atoms with E-state index in [1.165, 1.54) is 0 Å². The topological polar surface area (TPSA) is 79.0 Å². The summed E-state index contributed by atoms with van der Waals surface area (Å²) in [4.78, 5) is 42.5. The van der Waals surface area contributed by atoms with Crippen molar-refractivity contribution in [2.75, 3.05) is 39.8 Å². The van der Waals surface area contributed by atoms with Crippen molar-refractivity contribution in [3.8, 4) is 5.75 Å². The summed E-state index contributed by atoms with van der Waals surface area (Å²) in [5.41, 5.74) is 0.669. The van der Waals surface area contributed by atoms with E-state index in [2.05, 4.69) is 5.32 Å². The van der Waals surface area contributed by atoms with Gasteiger partial charge in [0.1, 0.15) is 5.75 Å². The lowest BCUT2D eigenvalue weighted by atomic mass is 9.90. The molecule has 33 heavy (non-hydrogen) atoms. The quantitative estimate of drug-likeness (QED) is 0.757. The lowest BCUT2D eigenvalue weighted by molar-refractivity contribution is -0.142. The first-order chi connectivity index (χ1) is 16.0. The smallest absolute Gasteiger partial charge is 0.233 e. The predicted molar refractivity (Wildman–Crippen MR) is 126 cm³/mol. The Kier molecular flexibility index (Phi) is 7.56. The molecule has 3 amide bonds. The zero-order valence-electron chi connectivity index (χ0n) is 19.8. The van der Waals surface area contributed by atoms with Crippen molar-refractivity contribution in [1.82, 2.24) is 15.1 Å². The predicted octanol–water partition coefficient (Wildman–Crippen LogP) is 2.87. The minimum absolute atomic E-state index is 0.0309. The zero-order chi connectivity index (χ0) is 23.3. The van der Waals surface area contributed by atoms with E-state index in [0.29, 0.717) is 38.9 Å². The van der Waals surface area contributed by atoms with E-state index >= 15 is 0 Å². The number of nitrogens with zero attached hydrogens (tertiary/aromatic N) is 2. The van der Waals surface area contributed by atoms with Gasteiger partial charge in [0, 0.05) is 45.1 Å². The summed E-state index contributed by atoms with van der Waals surface area (Å²) in [6.07, 6.45) is 7.69. The van der Waals surface area contributed by atoms with Crippen molar-refractivity contribution >= 4 is 17.7 Å². The second-order valence-electron chi connectivity index (χ2n) is 9.72. The van der Waals surface area contributed by atoms with Gasteiger partial charge >= 0.3 is 0 Å². The molecule has 0 atom stereocenters. The van der Waals surface area contributed by atoms with Crippen LogP contribution in [0.1, 0.15) is 63.4 Å². The van der Waals surface area contributed by atoms with Gasteiger partial charge in [0.25, 0.3) is 0 Å². The first-order valence-electron chi connectivity index (χ1n) is 12.5. The number of carbonyl (C=O) groups excluding carboxylic acids is 3. The fourth-order valence-electron chi connectivity index (χ4n) is 5.22. The van der Waals surface area contributed by atoms with E-state index in [1.807, 2.05) is 34.1 Å². The van der Waals surface area contributed by atoms with Gasteiger partial charge in [-0.1, -0.05) is 25.0 Å². The molecule has 4 rings (SSSR count). The van der Waals surface area contributed by atoms with Crippen molar-refractivity contribution in [2.24, 2.45) is 5.92 Å². The van der Waals surface area contributed by atoms with Crippen molar-refractivity contribution in [3.63, 3.8) is 0 Å². The van der Waals surface area contributed by atoms with E-state index in [0.717, 1.165) is 62.9 Å². The van der Waals surface area contributed by atoms with Crippen LogP contribution in [-0.2, 0) is 19.8 Å². The fourth-order valence-corrected chi connectivity index (χ4v) is 5.22. The Morgan fingerprint density at radius 2 is 1.64 bits per heavy atom. The number of hydrogen-bond donors (Lipinski definition) is 1. The minimum Gasteiger partial charge on any atom is -0.497 e. The summed E-state index contributed by atoms with van der Waals surface area (Å²) in [7, 11) is 1.64. The summed E-state index contributed by atoms with van der Waals surface area (Å²) >= 11 is 0. The number of ether oxygens (including phenoxy) is 1. The summed E-state index contributed by atoms with van der Waals surface area (Å²) in [6.45, 7) is 3.20. The molecule has 3 fully saturated rings. The lowest BCUT2D eigenvalue weighted by Crippen LogP contribution is -2.47. The van der Waals surface area contributed by atoms with Crippen LogP contribution in [0.2, 0.25) is 0 Å². The van der Waals surface area contributed by atoms with Gasteiger partial charge in [0.15, 0.2) is 0 Å². The molecule has 0 aromatic heterocycles. The van der Waals surface area contributed by atoms with Crippen LogP contribution < -0.4 is 10.1 Å². The number of rotatable bonds is 4. The molecule has 1 aromatic rings. The number of hydrogen-bond acceptors (Lipinski definition) is 4. The van der Waals surface area contributed by atoms with E-state index < -0.39 is 5.41 Å². The van der Waals surface area contributed by atoms with Crippen LogP contribution in [0.15, 0.2) is 24.3 Å². The van der Waals surface area contributed by atoms with Crippen molar-refractivity contribution in [3.05, 3.63) is 29.8 Å². The van der Waals surface area contributed by atoms with Gasteiger partial charge < -0.3 is 19.9 Å². The zero-order valence-corrected chi connectivity index (χ0v) is 19.8. The largest absolute Gasteiger partial charge is 0.497 e. The molecular formula is C26H37N3O4. The molecular weight excluding hydrogens is 418 g/mol. The van der Waals surface area contributed by atoms with Crippen LogP contribution in [-0.4, -0.2) is 67.4 Å². The van der Waals surface area contributed by atoms with Gasteiger partial charge in [-0.05, 0) is 56.2 Å². The molecule has 2 heterocycles. The Balaban J connectivity index is 1.33. The number of methoxy groups -OCH3 is 1. The summed E-state index contributed by atoms with van der Waals surface area (Å²) in [5.74, 6) is 1.13. The normalized spacial score (nSPS) is 22.2. The SMILES string of the molecule is COc1ccc(C2(C(=O)N3CCC(C(=O)N4CCCCCCNC(=O)CC4)CC3)CC2)cc1. The molecule has 2 aliphatic heterocycles. The Morgan fingerprint density at radius 1 is 0.939 bits per heavy atom. The van der Waals surface area contributed by atoms with Crippen LogP contribution in [0.25, 0.3) is 0 Å². The van der Waals surface area contributed by atoms with E-state index in [-0.39, 0.29) is 23.6 Å². The highest BCUT2D eigenvalue weighted by Gasteiger charge is 2.53. The Morgan fingerprint density at radius 3 is 2.30 bits per heavy atom. The van der Waals surface area contributed by atoms with Crippen molar-refractivity contribution in [2.45, 2.75) is 63.2 Å². The summed E-state index contributed by atoms with van der Waals surface area (Å²) in [5, 5.41) is 2.95. The van der Waals surface area contributed by atoms with Gasteiger partial charge in [-0.25, -0.2) is 0 Å². The van der Waals surface area contributed by atoms with Gasteiger partial charge in [0.05, 0.1) is 12.5 Å². The number of carbonyl (C=O) groups is 3. The summed E-state index contributed by atoms with van der Waals surface area (Å²) in [6, 6.07) is 7.85. The maximum atomic E-state index is 13.4. The maximum absolute atomic E-state index is 13.4. The third-order valence-electron chi connectivity index (χ3n) is 7.53. The van der Waals surface area contributed by atoms with Crippen LogP contribution in [0.5, 0.6) is 5.75 Å². The van der Waals surface area contributed by atoms with Gasteiger partial charge in [-0.15, -0.1) is 0 Å². The molecule has 1 aromatic carbocycles. The molecule has 2 saturated heterocycles. The molecule has 1 aliphatic carbocycles. The second kappa shape index (κ2) is 10.6. The molecule has 0 unspecified atom stereocenters. The molecule has 1 saturated carbocycles. The average Bonchev–Trinajstić information content (AvgIpc) is 3.66. The van der Waals surface area contributed by atoms with Crippen LogP contribution in [0, 0.1) is 5.92 Å². The molecule has 0 bridgehead atoms. The highest BCUT2D eigenvalue weighted by molar-refractivity contribution is 5.91. The van der Waals surface area contributed by atoms with E-state index in [1.54, 1.807) is 7.11 Å². The third kappa shape index (κ3) is 5.50. The van der Waals surface area contributed by atoms with Gasteiger partial charge in [0.2, 0.25) is 17.7 Å². The summed E-state index contributed by atoms with van der Waals surface area (Å²) < 4.78 is 5.25. The standard InChI is InChI=1S/C26H37N3O4/c1-33-22-8-6-21(7-9-22)26(13-14-26)25(32)29-17-10-20(11-18-29)24(31)28-16-5-3-2-4-15-27-23(30)12-19-28/h6-9,20H,2-5,10-19H2,1H3,(H,27,30). The molecule has 7 nitrogen and oxygen atoms in total. The van der Waals surface area contributed by atoms with E-state index in [4.69, 9.17) is 4.74 Å². The van der Waals surface area contributed by atoms with Gasteiger partial charge in [-0.3, -0.25) is 14.4 Å². The minimum atomic E-state index is -0.394. The maximum Gasteiger partial charge on any atom is 0.233 e. The lowest BCUT2D eigenvalue weighted by Gasteiger charge is -2.36. The van der Waals surface area contributed by atoms with E-state index in [9.17, 15) is 14.4 Å². The number of likely N-dealkylation sites (tertiary alicyclic amines) is 1. The number of amides is 3. The monoisotopic (exact) mass is 455 g/mol. The van der Waals surface area contributed by atoms with Crippen molar-refractivity contribution < 1.29 is 19.1 Å². The third-order valence-corrected chi connectivity index (χ3v) is 7.53. The Bertz CT molecular complexity index is 842.